The molecule has 0 amide bonds. The fraction of sp³-hybridized carbons (Fsp3) is 0.714. The summed E-state index contributed by atoms with van der Waals surface area (Å²) in [7, 11) is -0.583. The van der Waals surface area contributed by atoms with Crippen molar-refractivity contribution in [2.24, 2.45) is 7.05 Å². The van der Waals surface area contributed by atoms with Crippen LogP contribution in [0.4, 0.5) is 0 Å². The number of aryl methyl sites for hydroxylation is 1. The molecule has 1 atom stereocenters. The molecule has 0 aliphatic carbocycles. The quantitative estimate of drug-likeness (QED) is 0.703. The Morgan fingerprint density at radius 1 is 1.59 bits per heavy atom. The molecule has 98 valence electrons. The first-order valence-electron chi connectivity index (χ1n) is 4.56. The summed E-state index contributed by atoms with van der Waals surface area (Å²) in [5.74, 6) is 0. The van der Waals surface area contributed by atoms with Gasteiger partial charge in [-0.3, -0.25) is 0 Å². The molecule has 0 bridgehead atoms. The van der Waals surface area contributed by atoms with Crippen LogP contribution >= 0.6 is 31.9 Å². The lowest BCUT2D eigenvalue weighted by atomic mass is 10.5. The van der Waals surface area contributed by atoms with Crippen LogP contribution in [0.5, 0.6) is 0 Å². The van der Waals surface area contributed by atoms with E-state index in [1.165, 1.54) is 11.7 Å². The van der Waals surface area contributed by atoms with E-state index >= 15 is 0 Å². The Labute approximate surface area is 116 Å². The lowest BCUT2D eigenvalue weighted by molar-refractivity contribution is 0.201. The van der Waals surface area contributed by atoms with E-state index < -0.39 is 10.0 Å². The van der Waals surface area contributed by atoms with Gasteiger partial charge in [-0.15, -0.1) is 5.10 Å². The first-order valence-corrected chi connectivity index (χ1v) is 7.75. The number of aromatic nitrogens is 3. The second kappa shape index (κ2) is 6.23. The third-order valence-corrected chi connectivity index (χ3v) is 4.73. The molecule has 7 nitrogen and oxygen atoms in total. The van der Waals surface area contributed by atoms with Crippen LogP contribution in [0.25, 0.3) is 0 Å². The minimum atomic E-state index is -3.64. The minimum Gasteiger partial charge on any atom is -0.383 e. The van der Waals surface area contributed by atoms with Crippen molar-refractivity contribution >= 4 is 41.9 Å². The van der Waals surface area contributed by atoms with Crippen molar-refractivity contribution in [2.45, 2.75) is 9.85 Å². The Hall–Kier alpha value is -0.0300. The van der Waals surface area contributed by atoms with Crippen molar-refractivity contribution < 1.29 is 13.2 Å². The van der Waals surface area contributed by atoms with Gasteiger partial charge < -0.3 is 4.74 Å². The van der Waals surface area contributed by atoms with Gasteiger partial charge in [-0.05, 0) is 15.9 Å². The predicted molar refractivity (Wildman–Crippen MR) is 68.5 cm³/mol. The Bertz CT molecular complexity index is 456. The van der Waals surface area contributed by atoms with E-state index in [1.54, 1.807) is 7.11 Å². The first kappa shape index (κ1) is 15.0. The Balaban J connectivity index is 2.76. The third kappa shape index (κ3) is 3.98. The SMILES string of the molecule is COCC(Br)CNS(=O)(=O)c1c(Br)nnn1C. The van der Waals surface area contributed by atoms with Crippen molar-refractivity contribution in [1.82, 2.24) is 19.7 Å². The lowest BCUT2D eigenvalue weighted by Crippen LogP contribution is -2.32. The molecule has 0 aliphatic heterocycles. The molecule has 1 aromatic rings. The molecular weight excluding hydrogens is 380 g/mol. The zero-order valence-electron chi connectivity index (χ0n) is 9.22. The molecule has 0 fully saturated rings. The Kier molecular flexibility index (Phi) is 5.51. The molecule has 0 aliphatic rings. The number of hydrogen-bond donors (Lipinski definition) is 1. The van der Waals surface area contributed by atoms with Crippen molar-refractivity contribution in [2.75, 3.05) is 20.3 Å². The maximum absolute atomic E-state index is 11.9. The molecule has 0 aromatic carbocycles. The van der Waals surface area contributed by atoms with Gasteiger partial charge in [0.25, 0.3) is 10.0 Å². The van der Waals surface area contributed by atoms with Gasteiger partial charge >= 0.3 is 0 Å². The van der Waals surface area contributed by atoms with Crippen LogP contribution in [0.1, 0.15) is 0 Å². The standard InChI is InChI=1S/C7H12Br2N4O3S/c1-13-7(6(9)11-12-13)17(14,15)10-3-5(8)4-16-2/h5,10H,3-4H2,1-2H3. The summed E-state index contributed by atoms with van der Waals surface area (Å²) in [5, 5.41) is 7.23. The van der Waals surface area contributed by atoms with Crippen molar-refractivity contribution in [3.63, 3.8) is 0 Å². The van der Waals surface area contributed by atoms with Crippen LogP contribution in [-0.4, -0.2) is 48.5 Å². The number of rotatable bonds is 6. The normalized spacial score (nSPS) is 13.9. The summed E-state index contributed by atoms with van der Waals surface area (Å²) >= 11 is 6.33. The smallest absolute Gasteiger partial charge is 0.260 e. The van der Waals surface area contributed by atoms with E-state index in [0.29, 0.717) is 6.61 Å². The number of methoxy groups -OCH3 is 1. The van der Waals surface area contributed by atoms with Gasteiger partial charge in [0.2, 0.25) is 5.03 Å². The van der Waals surface area contributed by atoms with Gasteiger partial charge in [-0.25, -0.2) is 17.8 Å². The molecule has 17 heavy (non-hydrogen) atoms. The molecule has 0 radical (unpaired) electrons. The average Bonchev–Trinajstić information content (AvgIpc) is 2.57. The van der Waals surface area contributed by atoms with Crippen LogP contribution in [0.2, 0.25) is 0 Å². The van der Waals surface area contributed by atoms with Crippen LogP contribution in [0.15, 0.2) is 9.63 Å². The van der Waals surface area contributed by atoms with E-state index in [1.807, 2.05) is 0 Å². The number of nitrogens with zero attached hydrogens (tertiary/aromatic N) is 3. The highest BCUT2D eigenvalue weighted by Gasteiger charge is 2.24. The Morgan fingerprint density at radius 2 is 2.24 bits per heavy atom. The Morgan fingerprint density at radius 3 is 2.71 bits per heavy atom. The number of nitrogens with one attached hydrogen (secondary N) is 1. The van der Waals surface area contributed by atoms with Gasteiger partial charge in [0.15, 0.2) is 4.60 Å². The van der Waals surface area contributed by atoms with E-state index in [9.17, 15) is 8.42 Å². The molecule has 1 aromatic heterocycles. The number of ether oxygens (including phenoxy) is 1. The topological polar surface area (TPSA) is 86.1 Å². The summed E-state index contributed by atoms with van der Waals surface area (Å²) in [4.78, 5) is -0.0952. The summed E-state index contributed by atoms with van der Waals surface area (Å²) < 4.78 is 32.6. The van der Waals surface area contributed by atoms with Gasteiger partial charge in [-0.1, -0.05) is 21.1 Å². The summed E-state index contributed by atoms with van der Waals surface area (Å²) in [6, 6.07) is 0. The fourth-order valence-corrected chi connectivity index (χ4v) is 3.93. The second-order valence-electron chi connectivity index (χ2n) is 3.21. The molecule has 1 heterocycles. The predicted octanol–water partition coefficient (Wildman–Crippen LogP) is 0.266. The summed E-state index contributed by atoms with van der Waals surface area (Å²) in [6.07, 6.45) is 0. The summed E-state index contributed by atoms with van der Waals surface area (Å²) in [6.45, 7) is 0.626. The molecular formula is C7H12Br2N4O3S. The van der Waals surface area contributed by atoms with Gasteiger partial charge in [0.05, 0.1) is 11.4 Å². The van der Waals surface area contributed by atoms with Crippen LogP contribution in [0, 0.1) is 0 Å². The lowest BCUT2D eigenvalue weighted by Gasteiger charge is -2.10. The van der Waals surface area contributed by atoms with Crippen molar-refractivity contribution in [1.29, 1.82) is 0 Å². The maximum Gasteiger partial charge on any atom is 0.260 e. The highest BCUT2D eigenvalue weighted by atomic mass is 79.9. The van der Waals surface area contributed by atoms with Crippen LogP contribution in [-0.2, 0) is 21.8 Å². The van der Waals surface area contributed by atoms with Crippen LogP contribution < -0.4 is 4.72 Å². The maximum atomic E-state index is 11.9. The van der Waals surface area contributed by atoms with E-state index in [4.69, 9.17) is 4.74 Å². The molecule has 1 rings (SSSR count). The zero-order valence-corrected chi connectivity index (χ0v) is 13.2. The van der Waals surface area contributed by atoms with E-state index in [2.05, 4.69) is 46.9 Å². The monoisotopic (exact) mass is 390 g/mol. The highest BCUT2D eigenvalue weighted by Crippen LogP contribution is 2.17. The third-order valence-electron chi connectivity index (χ3n) is 1.83. The molecule has 1 N–H and O–H groups in total. The first-order chi connectivity index (χ1) is 7.88. The van der Waals surface area contributed by atoms with Crippen molar-refractivity contribution in [3.8, 4) is 0 Å². The number of hydrogen-bond acceptors (Lipinski definition) is 5. The fourth-order valence-electron chi connectivity index (χ4n) is 1.12. The van der Waals surface area contributed by atoms with Gasteiger partial charge in [-0.2, -0.15) is 0 Å². The molecule has 0 saturated carbocycles. The molecule has 0 spiro atoms. The summed E-state index contributed by atoms with van der Waals surface area (Å²) in [5.41, 5.74) is 0. The minimum absolute atomic E-state index is 0.00498. The van der Waals surface area contributed by atoms with Crippen LogP contribution in [0.3, 0.4) is 0 Å². The number of alkyl halides is 1. The number of halogens is 2. The van der Waals surface area contributed by atoms with E-state index in [0.717, 1.165) is 0 Å². The van der Waals surface area contributed by atoms with Gasteiger partial charge in [0.1, 0.15) is 0 Å². The molecule has 10 heteroatoms. The largest absolute Gasteiger partial charge is 0.383 e. The number of sulfonamides is 1. The molecule has 0 saturated heterocycles. The van der Waals surface area contributed by atoms with Gasteiger partial charge in [0, 0.05) is 20.7 Å². The average molecular weight is 392 g/mol. The second-order valence-corrected chi connectivity index (χ2v) is 6.94. The molecule has 1 unspecified atom stereocenters. The van der Waals surface area contributed by atoms with E-state index in [-0.39, 0.29) is 21.0 Å². The highest BCUT2D eigenvalue weighted by molar-refractivity contribution is 9.10. The van der Waals surface area contributed by atoms with Crippen molar-refractivity contribution in [3.05, 3.63) is 4.60 Å². The zero-order chi connectivity index (χ0) is 13.1.